The number of carbonyl (C=O) groups is 1. The molecule has 0 aliphatic rings. The standard InChI is InChI=1S/C16H13Cl2N3O2S/c1-2-23-15(22)13(10-6-4-3-5-7-10)24-16-20-19-14-12(18)8-11(17)9-21(14)16/h3-9,13H,2H2,1H3/t13-/m1/s1. The Morgan fingerprint density at radius 1 is 1.29 bits per heavy atom. The summed E-state index contributed by atoms with van der Waals surface area (Å²) in [4.78, 5) is 12.4. The number of fused-ring (bicyclic) bond motifs is 1. The minimum Gasteiger partial charge on any atom is -0.465 e. The van der Waals surface area contributed by atoms with E-state index in [1.54, 1.807) is 23.6 Å². The summed E-state index contributed by atoms with van der Waals surface area (Å²) in [6.45, 7) is 2.08. The van der Waals surface area contributed by atoms with Crippen molar-refractivity contribution in [3.05, 3.63) is 58.2 Å². The molecule has 24 heavy (non-hydrogen) atoms. The van der Waals surface area contributed by atoms with Crippen molar-refractivity contribution in [1.82, 2.24) is 14.6 Å². The monoisotopic (exact) mass is 381 g/mol. The second-order valence-corrected chi connectivity index (χ2v) is 6.76. The third kappa shape index (κ3) is 3.50. The molecule has 0 saturated carbocycles. The van der Waals surface area contributed by atoms with Gasteiger partial charge in [-0.2, -0.15) is 0 Å². The van der Waals surface area contributed by atoms with Crippen LogP contribution in [0.2, 0.25) is 10.0 Å². The highest BCUT2D eigenvalue weighted by Gasteiger charge is 2.26. The topological polar surface area (TPSA) is 56.5 Å². The molecule has 0 fully saturated rings. The molecule has 5 nitrogen and oxygen atoms in total. The first kappa shape index (κ1) is 17.1. The normalized spacial score (nSPS) is 12.3. The van der Waals surface area contributed by atoms with E-state index in [2.05, 4.69) is 10.2 Å². The lowest BCUT2D eigenvalue weighted by atomic mass is 10.1. The van der Waals surface area contributed by atoms with Gasteiger partial charge in [0, 0.05) is 6.20 Å². The van der Waals surface area contributed by atoms with Gasteiger partial charge in [-0.3, -0.25) is 9.20 Å². The Bertz CT molecular complexity index is 870. The number of nitrogens with zero attached hydrogens (tertiary/aromatic N) is 3. The lowest BCUT2D eigenvalue weighted by molar-refractivity contribution is -0.142. The number of pyridine rings is 1. The molecule has 8 heteroatoms. The first-order valence-electron chi connectivity index (χ1n) is 7.18. The molecule has 0 radical (unpaired) electrons. The molecule has 0 unspecified atom stereocenters. The van der Waals surface area contributed by atoms with E-state index in [-0.39, 0.29) is 5.97 Å². The highest BCUT2D eigenvalue weighted by Crippen LogP contribution is 2.36. The Morgan fingerprint density at radius 3 is 2.75 bits per heavy atom. The van der Waals surface area contributed by atoms with Gasteiger partial charge in [-0.1, -0.05) is 65.3 Å². The van der Waals surface area contributed by atoms with E-state index in [0.29, 0.717) is 27.5 Å². The fraction of sp³-hybridized carbons (Fsp3) is 0.188. The molecule has 3 aromatic rings. The average Bonchev–Trinajstić information content (AvgIpc) is 2.96. The van der Waals surface area contributed by atoms with Gasteiger partial charge in [-0.05, 0) is 18.6 Å². The smallest absolute Gasteiger partial charge is 0.324 e. The Kier molecular flexibility index (Phi) is 5.28. The number of rotatable bonds is 5. The van der Waals surface area contributed by atoms with E-state index in [4.69, 9.17) is 27.9 Å². The first-order chi connectivity index (χ1) is 11.6. The Hall–Kier alpha value is -1.76. The zero-order valence-corrected chi connectivity index (χ0v) is 15.0. The van der Waals surface area contributed by atoms with Crippen LogP contribution in [0.25, 0.3) is 5.65 Å². The number of halogens is 2. The molecule has 1 aromatic carbocycles. The summed E-state index contributed by atoms with van der Waals surface area (Å²) < 4.78 is 6.87. The fourth-order valence-corrected chi connectivity index (χ4v) is 3.70. The third-order valence-corrected chi connectivity index (χ3v) is 4.90. The minimum absolute atomic E-state index is 0.307. The van der Waals surface area contributed by atoms with Crippen LogP contribution >= 0.6 is 35.0 Å². The van der Waals surface area contributed by atoms with Gasteiger partial charge in [0.15, 0.2) is 10.8 Å². The van der Waals surface area contributed by atoms with Gasteiger partial charge >= 0.3 is 5.97 Å². The SMILES string of the molecule is CCOC(=O)[C@H](Sc1nnc2c(Cl)cc(Cl)cn12)c1ccccc1. The fourth-order valence-electron chi connectivity index (χ4n) is 2.19. The maximum Gasteiger partial charge on any atom is 0.324 e. The molecule has 1 atom stereocenters. The van der Waals surface area contributed by atoms with Gasteiger partial charge in [-0.25, -0.2) is 0 Å². The van der Waals surface area contributed by atoms with Gasteiger partial charge < -0.3 is 4.74 Å². The van der Waals surface area contributed by atoms with Crippen molar-refractivity contribution in [2.24, 2.45) is 0 Å². The molecule has 0 amide bonds. The average molecular weight is 382 g/mol. The first-order valence-corrected chi connectivity index (χ1v) is 8.81. The van der Waals surface area contributed by atoms with Crippen LogP contribution in [0.15, 0.2) is 47.8 Å². The van der Waals surface area contributed by atoms with E-state index < -0.39 is 5.25 Å². The summed E-state index contributed by atoms with van der Waals surface area (Å²) in [6, 6.07) is 11.0. The maximum absolute atomic E-state index is 12.4. The van der Waals surface area contributed by atoms with Crippen molar-refractivity contribution in [1.29, 1.82) is 0 Å². The van der Waals surface area contributed by atoms with Gasteiger partial charge in [0.25, 0.3) is 0 Å². The van der Waals surface area contributed by atoms with E-state index in [0.717, 1.165) is 5.56 Å². The number of hydrogen-bond donors (Lipinski definition) is 0. The molecule has 2 aromatic heterocycles. The number of benzene rings is 1. The molecule has 124 valence electrons. The van der Waals surface area contributed by atoms with Crippen molar-refractivity contribution in [2.45, 2.75) is 17.3 Å². The van der Waals surface area contributed by atoms with Gasteiger partial charge in [-0.15, -0.1) is 10.2 Å². The number of hydrogen-bond acceptors (Lipinski definition) is 5. The summed E-state index contributed by atoms with van der Waals surface area (Å²) in [5, 5.41) is 9.00. The summed E-state index contributed by atoms with van der Waals surface area (Å²) in [5.41, 5.74) is 1.31. The molecule has 2 heterocycles. The zero-order valence-electron chi connectivity index (χ0n) is 12.6. The number of ether oxygens (including phenoxy) is 1. The lowest BCUT2D eigenvalue weighted by Crippen LogP contribution is -2.13. The van der Waals surface area contributed by atoms with Crippen LogP contribution in [0.3, 0.4) is 0 Å². The van der Waals surface area contributed by atoms with E-state index >= 15 is 0 Å². The van der Waals surface area contributed by atoms with Crippen molar-refractivity contribution in [3.63, 3.8) is 0 Å². The van der Waals surface area contributed by atoms with Crippen LogP contribution in [0.5, 0.6) is 0 Å². The van der Waals surface area contributed by atoms with Crippen LogP contribution in [0, 0.1) is 0 Å². The number of esters is 1. The van der Waals surface area contributed by atoms with Gasteiger partial charge in [0.1, 0.15) is 5.25 Å². The molecule has 0 spiro atoms. The molecule has 0 saturated heterocycles. The molecule has 0 aliphatic carbocycles. The summed E-state index contributed by atoms with van der Waals surface area (Å²) >= 11 is 13.4. The molecule has 3 rings (SSSR count). The van der Waals surface area contributed by atoms with Crippen LogP contribution in [0.1, 0.15) is 17.7 Å². The minimum atomic E-state index is -0.559. The van der Waals surface area contributed by atoms with Crippen molar-refractivity contribution in [2.75, 3.05) is 6.61 Å². The van der Waals surface area contributed by atoms with Crippen molar-refractivity contribution >= 4 is 46.6 Å². The summed E-state index contributed by atoms with van der Waals surface area (Å²) in [6.07, 6.45) is 1.66. The number of thioether (sulfide) groups is 1. The van der Waals surface area contributed by atoms with Crippen LogP contribution in [-0.4, -0.2) is 27.2 Å². The van der Waals surface area contributed by atoms with Gasteiger partial charge in [0.05, 0.1) is 16.7 Å². The zero-order chi connectivity index (χ0) is 17.1. The molecular weight excluding hydrogens is 369 g/mol. The highest BCUT2D eigenvalue weighted by molar-refractivity contribution is 8.00. The van der Waals surface area contributed by atoms with Crippen LogP contribution in [-0.2, 0) is 9.53 Å². The highest BCUT2D eigenvalue weighted by atomic mass is 35.5. The summed E-state index contributed by atoms with van der Waals surface area (Å²) in [5.74, 6) is -0.335. The predicted octanol–water partition coefficient (Wildman–Crippen LogP) is 4.43. The van der Waals surface area contributed by atoms with Gasteiger partial charge in [0.2, 0.25) is 0 Å². The predicted molar refractivity (Wildman–Crippen MR) is 94.7 cm³/mol. The summed E-state index contributed by atoms with van der Waals surface area (Å²) in [7, 11) is 0. The molecule has 0 aliphatic heterocycles. The number of carbonyl (C=O) groups excluding carboxylic acids is 1. The Balaban J connectivity index is 2.00. The van der Waals surface area contributed by atoms with E-state index in [1.807, 2.05) is 30.3 Å². The quantitative estimate of drug-likeness (QED) is 0.483. The Morgan fingerprint density at radius 2 is 2.04 bits per heavy atom. The van der Waals surface area contributed by atoms with E-state index in [9.17, 15) is 4.79 Å². The lowest BCUT2D eigenvalue weighted by Gasteiger charge is -2.14. The molecule has 0 bridgehead atoms. The molecular formula is C16H13Cl2N3O2S. The molecule has 0 N–H and O–H groups in total. The second kappa shape index (κ2) is 7.42. The second-order valence-electron chi connectivity index (χ2n) is 4.84. The van der Waals surface area contributed by atoms with Crippen molar-refractivity contribution < 1.29 is 9.53 Å². The largest absolute Gasteiger partial charge is 0.465 e. The Labute approximate surface area is 152 Å². The van der Waals surface area contributed by atoms with Crippen LogP contribution in [0.4, 0.5) is 0 Å². The maximum atomic E-state index is 12.4. The van der Waals surface area contributed by atoms with Crippen LogP contribution < -0.4 is 0 Å². The van der Waals surface area contributed by atoms with Crippen molar-refractivity contribution in [3.8, 4) is 0 Å². The number of aromatic nitrogens is 3. The van der Waals surface area contributed by atoms with E-state index in [1.165, 1.54) is 11.8 Å². The third-order valence-electron chi connectivity index (χ3n) is 3.22.